The first kappa shape index (κ1) is 10.1. The summed E-state index contributed by atoms with van der Waals surface area (Å²) in [7, 11) is 0. The van der Waals surface area contributed by atoms with E-state index in [9.17, 15) is 5.21 Å². The molecule has 92 valence electrons. The maximum absolute atomic E-state index is 11.9. The molecule has 3 heterocycles. The molecule has 0 aliphatic heterocycles. The highest BCUT2D eigenvalue weighted by Crippen LogP contribution is 2.24. The van der Waals surface area contributed by atoms with Crippen LogP contribution in [0.3, 0.4) is 0 Å². The SMILES string of the molecule is [O-][n+]1cc2nc(-c3ccco3)[nH]c2c2ccccc21. The van der Waals surface area contributed by atoms with Gasteiger partial charge in [0.1, 0.15) is 0 Å². The molecule has 0 fully saturated rings. The Hall–Kier alpha value is -2.82. The summed E-state index contributed by atoms with van der Waals surface area (Å²) >= 11 is 0. The summed E-state index contributed by atoms with van der Waals surface area (Å²) in [5.74, 6) is 1.27. The predicted molar refractivity (Wildman–Crippen MR) is 70.3 cm³/mol. The van der Waals surface area contributed by atoms with Crippen molar-refractivity contribution in [1.82, 2.24) is 9.97 Å². The standard InChI is InChI=1S/C14H9N3O2/c18-17-8-10-13(9-4-1-2-5-11(9)17)16-14(15-10)12-6-3-7-19-12/h1-8H,(H,15,16). The molecule has 1 aromatic carbocycles. The second kappa shape index (κ2) is 3.58. The Balaban J connectivity index is 2.11. The quantitative estimate of drug-likeness (QED) is 0.417. The Labute approximate surface area is 107 Å². The molecule has 0 bridgehead atoms. The number of nitrogens with zero attached hydrogens (tertiary/aromatic N) is 2. The molecule has 0 aliphatic rings. The summed E-state index contributed by atoms with van der Waals surface area (Å²) < 4.78 is 6.15. The molecule has 0 aliphatic carbocycles. The molecule has 5 heteroatoms. The van der Waals surface area contributed by atoms with Gasteiger partial charge in [0.15, 0.2) is 17.1 Å². The molecule has 19 heavy (non-hydrogen) atoms. The van der Waals surface area contributed by atoms with Gasteiger partial charge in [0, 0.05) is 6.07 Å². The van der Waals surface area contributed by atoms with Crippen LogP contribution in [0.2, 0.25) is 0 Å². The van der Waals surface area contributed by atoms with Crippen molar-refractivity contribution in [3.05, 3.63) is 54.1 Å². The van der Waals surface area contributed by atoms with Crippen LogP contribution in [0.5, 0.6) is 0 Å². The van der Waals surface area contributed by atoms with Crippen LogP contribution in [0.4, 0.5) is 0 Å². The van der Waals surface area contributed by atoms with Crippen molar-refractivity contribution >= 4 is 21.9 Å². The van der Waals surface area contributed by atoms with E-state index in [1.165, 1.54) is 6.20 Å². The van der Waals surface area contributed by atoms with Crippen LogP contribution in [0.1, 0.15) is 0 Å². The van der Waals surface area contributed by atoms with Gasteiger partial charge in [0.05, 0.1) is 17.2 Å². The molecule has 1 N–H and O–H groups in total. The van der Waals surface area contributed by atoms with Crippen LogP contribution in [0.15, 0.2) is 53.3 Å². The molecule has 0 saturated carbocycles. The Morgan fingerprint density at radius 2 is 2.05 bits per heavy atom. The lowest BCUT2D eigenvalue weighted by molar-refractivity contribution is -0.575. The number of rotatable bonds is 1. The molecular formula is C14H9N3O2. The Kier molecular flexibility index (Phi) is 1.91. The van der Waals surface area contributed by atoms with Gasteiger partial charge in [0.2, 0.25) is 11.7 Å². The Bertz CT molecular complexity index is 878. The Morgan fingerprint density at radius 3 is 2.89 bits per heavy atom. The molecule has 3 aromatic heterocycles. The van der Waals surface area contributed by atoms with Crippen molar-refractivity contribution in [2.24, 2.45) is 0 Å². The summed E-state index contributed by atoms with van der Waals surface area (Å²) in [5, 5.41) is 12.8. The zero-order valence-corrected chi connectivity index (χ0v) is 9.83. The fourth-order valence-corrected chi connectivity index (χ4v) is 2.27. The zero-order valence-electron chi connectivity index (χ0n) is 9.83. The number of H-pyrrole nitrogens is 1. The zero-order chi connectivity index (χ0) is 12.8. The van der Waals surface area contributed by atoms with Gasteiger partial charge in [-0.1, -0.05) is 12.1 Å². The van der Waals surface area contributed by atoms with Crippen LogP contribution < -0.4 is 4.73 Å². The van der Waals surface area contributed by atoms with Crippen LogP contribution >= 0.6 is 0 Å². The number of hydrogen-bond donors (Lipinski definition) is 1. The second-order valence-electron chi connectivity index (χ2n) is 4.29. The van der Waals surface area contributed by atoms with Crippen molar-refractivity contribution in [1.29, 1.82) is 0 Å². The minimum absolute atomic E-state index is 0.615. The first-order valence-corrected chi connectivity index (χ1v) is 5.87. The predicted octanol–water partition coefficient (Wildman–Crippen LogP) is 2.61. The van der Waals surface area contributed by atoms with E-state index in [0.29, 0.717) is 22.6 Å². The summed E-state index contributed by atoms with van der Waals surface area (Å²) in [4.78, 5) is 7.61. The van der Waals surface area contributed by atoms with E-state index in [-0.39, 0.29) is 0 Å². The van der Waals surface area contributed by atoms with Gasteiger partial charge in [-0.15, -0.1) is 0 Å². The van der Waals surface area contributed by atoms with Crippen molar-refractivity contribution in [2.75, 3.05) is 0 Å². The number of aromatic amines is 1. The number of aromatic nitrogens is 3. The number of benzene rings is 1. The van der Waals surface area contributed by atoms with Gasteiger partial charge in [-0.25, -0.2) is 4.98 Å². The number of hydrogen-bond acceptors (Lipinski definition) is 3. The number of pyridine rings is 1. The minimum atomic E-state index is 0.615. The monoisotopic (exact) mass is 251 g/mol. The molecule has 0 radical (unpaired) electrons. The molecule has 4 rings (SSSR count). The van der Waals surface area contributed by atoms with Crippen LogP contribution in [-0.2, 0) is 0 Å². The van der Waals surface area contributed by atoms with Gasteiger partial charge in [-0.05, 0) is 18.2 Å². The van der Waals surface area contributed by atoms with Crippen LogP contribution in [0.25, 0.3) is 33.5 Å². The minimum Gasteiger partial charge on any atom is -0.618 e. The van der Waals surface area contributed by atoms with Crippen molar-refractivity contribution in [3.8, 4) is 11.6 Å². The number of furan rings is 1. The lowest BCUT2D eigenvalue weighted by Gasteiger charge is -2.00. The molecule has 0 amide bonds. The molecule has 0 atom stereocenters. The highest BCUT2D eigenvalue weighted by atomic mass is 16.5. The third-order valence-corrected chi connectivity index (χ3v) is 3.14. The third kappa shape index (κ3) is 1.41. The van der Waals surface area contributed by atoms with E-state index in [0.717, 1.165) is 15.6 Å². The molecule has 4 aromatic rings. The lowest BCUT2D eigenvalue weighted by Crippen LogP contribution is -2.26. The molecule has 0 saturated heterocycles. The van der Waals surface area contributed by atoms with Crippen LogP contribution in [-0.4, -0.2) is 9.97 Å². The highest BCUT2D eigenvalue weighted by molar-refractivity contribution is 6.00. The van der Waals surface area contributed by atoms with Crippen molar-refractivity contribution in [3.63, 3.8) is 0 Å². The topological polar surface area (TPSA) is 68.8 Å². The van der Waals surface area contributed by atoms with E-state index in [1.807, 2.05) is 24.3 Å². The summed E-state index contributed by atoms with van der Waals surface area (Å²) in [5.41, 5.74) is 2.08. The lowest BCUT2D eigenvalue weighted by atomic mass is 10.2. The summed E-state index contributed by atoms with van der Waals surface area (Å²) in [6.45, 7) is 0. The smallest absolute Gasteiger partial charge is 0.226 e. The second-order valence-corrected chi connectivity index (χ2v) is 4.29. The third-order valence-electron chi connectivity index (χ3n) is 3.14. The van der Waals surface area contributed by atoms with E-state index in [4.69, 9.17) is 4.42 Å². The normalized spacial score (nSPS) is 11.4. The largest absolute Gasteiger partial charge is 0.618 e. The maximum atomic E-state index is 11.9. The van der Waals surface area contributed by atoms with E-state index >= 15 is 0 Å². The number of para-hydroxylation sites is 1. The maximum Gasteiger partial charge on any atom is 0.226 e. The first-order chi connectivity index (χ1) is 9.33. The molecular weight excluding hydrogens is 242 g/mol. The van der Waals surface area contributed by atoms with Crippen LogP contribution in [0, 0.1) is 5.21 Å². The molecule has 0 unspecified atom stereocenters. The average molecular weight is 251 g/mol. The van der Waals surface area contributed by atoms with Gasteiger partial charge < -0.3 is 14.6 Å². The highest BCUT2D eigenvalue weighted by Gasteiger charge is 2.14. The van der Waals surface area contributed by atoms with Gasteiger partial charge in [-0.3, -0.25) is 0 Å². The fourth-order valence-electron chi connectivity index (χ4n) is 2.27. The average Bonchev–Trinajstić information content (AvgIpc) is 3.07. The van der Waals surface area contributed by atoms with Gasteiger partial charge in [-0.2, -0.15) is 4.73 Å². The summed E-state index contributed by atoms with van der Waals surface area (Å²) in [6.07, 6.45) is 3.06. The van der Waals surface area contributed by atoms with Gasteiger partial charge >= 0.3 is 0 Å². The number of nitrogens with one attached hydrogen (secondary N) is 1. The molecule has 0 spiro atoms. The first-order valence-electron chi connectivity index (χ1n) is 5.87. The Morgan fingerprint density at radius 1 is 1.16 bits per heavy atom. The van der Waals surface area contributed by atoms with E-state index in [1.54, 1.807) is 18.4 Å². The van der Waals surface area contributed by atoms with Crippen molar-refractivity contribution < 1.29 is 9.15 Å². The molecule has 5 nitrogen and oxygen atoms in total. The number of imidazole rings is 1. The van der Waals surface area contributed by atoms with Crippen molar-refractivity contribution in [2.45, 2.75) is 0 Å². The summed E-state index contributed by atoms with van der Waals surface area (Å²) in [6, 6.07) is 11.0. The van der Waals surface area contributed by atoms with Gasteiger partial charge in [0.25, 0.3) is 0 Å². The van der Waals surface area contributed by atoms with E-state index < -0.39 is 0 Å². The fraction of sp³-hybridized carbons (Fsp3) is 0. The van der Waals surface area contributed by atoms with E-state index in [2.05, 4.69) is 9.97 Å². The number of fused-ring (bicyclic) bond motifs is 3.